The summed E-state index contributed by atoms with van der Waals surface area (Å²) in [5.74, 6) is -0.210. The van der Waals surface area contributed by atoms with Gasteiger partial charge >= 0.3 is 0 Å². The lowest BCUT2D eigenvalue weighted by Gasteiger charge is -2.29. The van der Waals surface area contributed by atoms with Gasteiger partial charge in [0, 0.05) is 18.5 Å². The van der Waals surface area contributed by atoms with Gasteiger partial charge in [-0.25, -0.2) is 0 Å². The molecule has 1 heterocycles. The Hall–Kier alpha value is -1.35. The van der Waals surface area contributed by atoms with Crippen LogP contribution in [0, 0.1) is 5.92 Å². The number of nitrogens with one attached hydrogen (secondary N) is 1. The summed E-state index contributed by atoms with van der Waals surface area (Å²) in [5, 5.41) is 3.33. The highest BCUT2D eigenvalue weighted by Gasteiger charge is 2.50. The second kappa shape index (κ2) is 3.32. The van der Waals surface area contributed by atoms with Gasteiger partial charge in [0.1, 0.15) is 0 Å². The van der Waals surface area contributed by atoms with E-state index in [4.69, 9.17) is 5.73 Å². The lowest BCUT2D eigenvalue weighted by molar-refractivity contribution is -0.122. The summed E-state index contributed by atoms with van der Waals surface area (Å²) in [7, 11) is 0. The molecule has 0 aromatic heterocycles. The molecule has 1 amide bonds. The second-order valence-electron chi connectivity index (χ2n) is 4.90. The van der Waals surface area contributed by atoms with E-state index in [0.717, 1.165) is 25.9 Å². The van der Waals surface area contributed by atoms with Crippen LogP contribution in [0.5, 0.6) is 0 Å². The molecule has 0 saturated carbocycles. The Morgan fingerprint density at radius 2 is 2.25 bits per heavy atom. The molecule has 1 aliphatic carbocycles. The first-order valence-corrected chi connectivity index (χ1v) is 5.82. The Morgan fingerprint density at radius 3 is 3.06 bits per heavy atom. The van der Waals surface area contributed by atoms with Crippen molar-refractivity contribution in [3.8, 4) is 0 Å². The molecule has 1 aromatic rings. The largest absolute Gasteiger partial charge is 0.369 e. The first-order chi connectivity index (χ1) is 7.74. The maximum Gasteiger partial charge on any atom is 0.222 e. The minimum Gasteiger partial charge on any atom is -0.369 e. The summed E-state index contributed by atoms with van der Waals surface area (Å²) in [6.07, 6.45) is 2.12. The molecule has 1 aliphatic heterocycles. The summed E-state index contributed by atoms with van der Waals surface area (Å²) >= 11 is 0. The Bertz CT molecular complexity index is 443. The number of carbonyl (C=O) groups is 1. The number of aryl methyl sites for hydroxylation is 1. The molecule has 0 bridgehead atoms. The van der Waals surface area contributed by atoms with E-state index in [1.807, 2.05) is 0 Å². The van der Waals surface area contributed by atoms with Gasteiger partial charge in [0.15, 0.2) is 0 Å². The molecule has 0 radical (unpaired) electrons. The van der Waals surface area contributed by atoms with Crippen LogP contribution >= 0.6 is 0 Å². The lowest BCUT2D eigenvalue weighted by Crippen LogP contribution is -2.40. The van der Waals surface area contributed by atoms with E-state index in [9.17, 15) is 4.79 Å². The van der Waals surface area contributed by atoms with Gasteiger partial charge in [0.2, 0.25) is 5.91 Å². The third kappa shape index (κ3) is 1.15. The minimum absolute atomic E-state index is 0.0254. The van der Waals surface area contributed by atoms with Crippen LogP contribution in [0.3, 0.4) is 0 Å². The molecule has 1 saturated heterocycles. The molecule has 16 heavy (non-hydrogen) atoms. The first-order valence-electron chi connectivity index (χ1n) is 5.82. The van der Waals surface area contributed by atoms with Crippen LogP contribution in [-0.4, -0.2) is 19.0 Å². The van der Waals surface area contributed by atoms with Gasteiger partial charge in [-0.1, -0.05) is 24.3 Å². The fraction of sp³-hybridized carbons (Fsp3) is 0.462. The summed E-state index contributed by atoms with van der Waals surface area (Å²) < 4.78 is 0. The van der Waals surface area contributed by atoms with Gasteiger partial charge in [-0.3, -0.25) is 4.79 Å². The zero-order chi connectivity index (χ0) is 11.2. The molecule has 3 heteroatoms. The number of hydrogen-bond donors (Lipinski definition) is 2. The molecule has 1 fully saturated rings. The van der Waals surface area contributed by atoms with Crippen molar-refractivity contribution in [1.29, 1.82) is 0 Å². The molecule has 1 spiro atoms. The highest BCUT2D eigenvalue weighted by Crippen LogP contribution is 2.46. The van der Waals surface area contributed by atoms with Crippen molar-refractivity contribution in [2.75, 3.05) is 13.1 Å². The number of amides is 1. The zero-order valence-corrected chi connectivity index (χ0v) is 9.20. The van der Waals surface area contributed by atoms with E-state index in [-0.39, 0.29) is 17.2 Å². The third-order valence-electron chi connectivity index (χ3n) is 4.19. The Labute approximate surface area is 95.0 Å². The quantitative estimate of drug-likeness (QED) is 0.721. The van der Waals surface area contributed by atoms with Crippen LogP contribution in [0.25, 0.3) is 0 Å². The summed E-state index contributed by atoms with van der Waals surface area (Å²) in [6, 6.07) is 8.45. The van der Waals surface area contributed by atoms with Crippen LogP contribution in [0.4, 0.5) is 0 Å². The average molecular weight is 216 g/mol. The number of nitrogens with two attached hydrogens (primary N) is 1. The van der Waals surface area contributed by atoms with E-state index in [0.29, 0.717) is 0 Å². The molecule has 2 atom stereocenters. The van der Waals surface area contributed by atoms with E-state index in [1.54, 1.807) is 0 Å². The summed E-state index contributed by atoms with van der Waals surface area (Å²) in [4.78, 5) is 11.6. The average Bonchev–Trinajstić information content (AvgIpc) is 2.86. The minimum atomic E-state index is -0.165. The van der Waals surface area contributed by atoms with Crippen LogP contribution in [0.1, 0.15) is 17.5 Å². The second-order valence-corrected chi connectivity index (χ2v) is 4.90. The molecule has 3 rings (SSSR count). The number of rotatable bonds is 1. The zero-order valence-electron chi connectivity index (χ0n) is 9.20. The van der Waals surface area contributed by atoms with Crippen molar-refractivity contribution in [2.24, 2.45) is 11.7 Å². The van der Waals surface area contributed by atoms with Crippen molar-refractivity contribution in [3.05, 3.63) is 35.4 Å². The Kier molecular flexibility index (Phi) is 2.04. The van der Waals surface area contributed by atoms with Gasteiger partial charge in [-0.15, -0.1) is 0 Å². The van der Waals surface area contributed by atoms with E-state index in [2.05, 4.69) is 29.6 Å². The predicted molar refractivity (Wildman–Crippen MR) is 62.0 cm³/mol. The standard InChI is InChI=1S/C13H16N2O/c14-12(16)11-7-15-8-13(11)6-5-9-3-1-2-4-10(9)13/h1-4,11,15H,5-8H2,(H2,14,16). The van der Waals surface area contributed by atoms with Crippen molar-refractivity contribution < 1.29 is 4.79 Å². The number of fused-ring (bicyclic) bond motifs is 2. The molecule has 2 aliphatic rings. The molecular formula is C13H16N2O. The van der Waals surface area contributed by atoms with Gasteiger partial charge in [0.05, 0.1) is 5.92 Å². The lowest BCUT2D eigenvalue weighted by atomic mass is 9.73. The molecule has 3 N–H and O–H groups in total. The maximum absolute atomic E-state index is 11.6. The SMILES string of the molecule is NC(=O)C1CNCC12CCc1ccccc12. The highest BCUT2D eigenvalue weighted by molar-refractivity contribution is 5.80. The van der Waals surface area contributed by atoms with Crippen LogP contribution in [0.2, 0.25) is 0 Å². The summed E-state index contributed by atoms with van der Waals surface area (Å²) in [6.45, 7) is 1.61. The highest BCUT2D eigenvalue weighted by atomic mass is 16.1. The van der Waals surface area contributed by atoms with Crippen LogP contribution in [-0.2, 0) is 16.6 Å². The van der Waals surface area contributed by atoms with Gasteiger partial charge in [-0.05, 0) is 24.0 Å². The Balaban J connectivity index is 2.10. The topological polar surface area (TPSA) is 55.1 Å². The molecule has 1 aromatic carbocycles. The fourth-order valence-electron chi connectivity index (χ4n) is 3.39. The van der Waals surface area contributed by atoms with E-state index in [1.165, 1.54) is 11.1 Å². The monoisotopic (exact) mass is 216 g/mol. The third-order valence-corrected chi connectivity index (χ3v) is 4.19. The van der Waals surface area contributed by atoms with Crippen LogP contribution < -0.4 is 11.1 Å². The van der Waals surface area contributed by atoms with Crippen molar-refractivity contribution in [3.63, 3.8) is 0 Å². The van der Waals surface area contributed by atoms with Gasteiger partial charge in [-0.2, -0.15) is 0 Å². The fourth-order valence-corrected chi connectivity index (χ4v) is 3.39. The molecule has 84 valence electrons. The van der Waals surface area contributed by atoms with Crippen LogP contribution in [0.15, 0.2) is 24.3 Å². The van der Waals surface area contributed by atoms with E-state index >= 15 is 0 Å². The molecule has 2 unspecified atom stereocenters. The first kappa shape index (κ1) is 9.85. The van der Waals surface area contributed by atoms with Crippen molar-refractivity contribution >= 4 is 5.91 Å². The number of carbonyl (C=O) groups excluding carboxylic acids is 1. The molecular weight excluding hydrogens is 200 g/mol. The van der Waals surface area contributed by atoms with Gasteiger partial charge < -0.3 is 11.1 Å². The number of benzene rings is 1. The normalized spacial score (nSPS) is 31.9. The predicted octanol–water partition coefficient (Wildman–Crippen LogP) is 0.575. The number of hydrogen-bond acceptors (Lipinski definition) is 2. The van der Waals surface area contributed by atoms with E-state index < -0.39 is 0 Å². The molecule has 3 nitrogen and oxygen atoms in total. The van der Waals surface area contributed by atoms with Crippen molar-refractivity contribution in [2.45, 2.75) is 18.3 Å². The maximum atomic E-state index is 11.6. The summed E-state index contributed by atoms with van der Waals surface area (Å²) in [5.41, 5.74) is 8.23. The smallest absolute Gasteiger partial charge is 0.222 e. The number of primary amides is 1. The Morgan fingerprint density at radius 1 is 1.44 bits per heavy atom. The van der Waals surface area contributed by atoms with Gasteiger partial charge in [0.25, 0.3) is 0 Å². The van der Waals surface area contributed by atoms with Crippen molar-refractivity contribution in [1.82, 2.24) is 5.32 Å².